The maximum atomic E-state index is 13.2. The topological polar surface area (TPSA) is 103 Å². The number of rotatable bonds is 10. The molecule has 0 radical (unpaired) electrons. The van der Waals surface area contributed by atoms with Gasteiger partial charge in [0.1, 0.15) is 10.6 Å². The number of hydrogen-bond donors (Lipinski definition) is 1. The lowest BCUT2D eigenvalue weighted by molar-refractivity contribution is -0.135. The third-order valence-corrected chi connectivity index (χ3v) is 8.22. The van der Waals surface area contributed by atoms with Gasteiger partial charge in [-0.25, -0.2) is 8.42 Å². The zero-order valence-corrected chi connectivity index (χ0v) is 21.3. The van der Waals surface area contributed by atoms with Crippen LogP contribution in [0.4, 0.5) is 0 Å². The molecule has 0 atom stereocenters. The molecule has 0 bridgehead atoms. The molecular weight excluding hydrogens is 499 g/mol. The van der Waals surface area contributed by atoms with Gasteiger partial charge < -0.3 is 15.0 Å². The van der Waals surface area contributed by atoms with E-state index in [1.54, 1.807) is 36.2 Å². The number of ether oxygens (including phenoxy) is 1. The number of nitrogens with one attached hydrogen (secondary N) is 1. The summed E-state index contributed by atoms with van der Waals surface area (Å²) in [6.45, 7) is 1.54. The summed E-state index contributed by atoms with van der Waals surface area (Å²) in [6, 6.07) is 12.9. The van der Waals surface area contributed by atoms with E-state index < -0.39 is 15.4 Å². The molecular formula is C23H26Cl2N4O4S. The SMILES string of the molecule is CNCCN(C)C(=O)CC1(COc2ccc(C#N)cc2)CN(S(=O)(=O)c2ccc(Cl)cc2Cl)C1. The molecule has 1 aliphatic heterocycles. The van der Waals surface area contributed by atoms with Crippen LogP contribution in [0.15, 0.2) is 47.4 Å². The van der Waals surface area contributed by atoms with Gasteiger partial charge in [-0.15, -0.1) is 0 Å². The number of carbonyl (C=O) groups excluding carboxylic acids is 1. The lowest BCUT2D eigenvalue weighted by Gasteiger charge is -2.48. The highest BCUT2D eigenvalue weighted by Gasteiger charge is 2.51. The molecule has 0 saturated carbocycles. The molecule has 0 aliphatic carbocycles. The zero-order valence-electron chi connectivity index (χ0n) is 18.9. The van der Waals surface area contributed by atoms with Crippen LogP contribution in [0.5, 0.6) is 5.75 Å². The normalized spacial score (nSPS) is 15.3. The second-order valence-electron chi connectivity index (χ2n) is 8.37. The summed E-state index contributed by atoms with van der Waals surface area (Å²) in [5, 5.41) is 12.4. The fourth-order valence-corrected chi connectivity index (χ4v) is 6.08. The van der Waals surface area contributed by atoms with Crippen molar-refractivity contribution in [1.29, 1.82) is 5.26 Å². The summed E-state index contributed by atoms with van der Waals surface area (Å²) in [7, 11) is -0.342. The smallest absolute Gasteiger partial charge is 0.244 e. The fourth-order valence-electron chi connectivity index (χ4n) is 3.67. The molecule has 0 spiro atoms. The van der Waals surface area contributed by atoms with Gasteiger partial charge in [-0.2, -0.15) is 9.57 Å². The number of nitrogens with zero attached hydrogens (tertiary/aromatic N) is 3. The quantitative estimate of drug-likeness (QED) is 0.512. The Bertz CT molecular complexity index is 1180. The van der Waals surface area contributed by atoms with Gasteiger partial charge in [0.2, 0.25) is 15.9 Å². The number of nitriles is 1. The molecule has 1 fully saturated rings. The minimum Gasteiger partial charge on any atom is -0.493 e. The zero-order chi connectivity index (χ0) is 24.9. The van der Waals surface area contributed by atoms with E-state index >= 15 is 0 Å². The molecule has 2 aromatic rings. The molecule has 1 N–H and O–H groups in total. The van der Waals surface area contributed by atoms with Crippen LogP contribution in [0.25, 0.3) is 0 Å². The molecule has 1 aliphatic rings. The van der Waals surface area contributed by atoms with Crippen LogP contribution in [0.2, 0.25) is 10.0 Å². The van der Waals surface area contributed by atoms with Gasteiger partial charge in [0.15, 0.2) is 0 Å². The average Bonchev–Trinajstić information content (AvgIpc) is 2.78. The molecule has 1 amide bonds. The first kappa shape index (κ1) is 26.3. The van der Waals surface area contributed by atoms with Gasteiger partial charge in [0.05, 0.1) is 23.3 Å². The number of halogens is 2. The summed E-state index contributed by atoms with van der Waals surface area (Å²) in [5.41, 5.74) is -0.200. The number of sulfonamides is 1. The molecule has 182 valence electrons. The average molecular weight is 525 g/mol. The molecule has 3 rings (SSSR count). The van der Waals surface area contributed by atoms with Crippen molar-refractivity contribution in [1.82, 2.24) is 14.5 Å². The van der Waals surface area contributed by atoms with Gasteiger partial charge in [-0.1, -0.05) is 23.2 Å². The van der Waals surface area contributed by atoms with E-state index in [0.29, 0.717) is 29.4 Å². The minimum atomic E-state index is -3.87. The van der Waals surface area contributed by atoms with Gasteiger partial charge >= 0.3 is 0 Å². The van der Waals surface area contributed by atoms with E-state index in [1.807, 2.05) is 13.1 Å². The lowest BCUT2D eigenvalue weighted by Crippen LogP contribution is -2.62. The number of carbonyl (C=O) groups is 1. The summed E-state index contributed by atoms with van der Waals surface area (Å²) in [4.78, 5) is 14.5. The Kier molecular flexibility index (Phi) is 8.44. The van der Waals surface area contributed by atoms with Gasteiger partial charge in [-0.05, 0) is 49.5 Å². The van der Waals surface area contributed by atoms with Crippen LogP contribution >= 0.6 is 23.2 Å². The Balaban J connectivity index is 1.77. The Hall–Kier alpha value is -2.35. The molecule has 0 unspecified atom stereocenters. The van der Waals surface area contributed by atoms with Crippen LogP contribution in [-0.4, -0.2) is 70.4 Å². The lowest BCUT2D eigenvalue weighted by atomic mass is 9.79. The van der Waals surface area contributed by atoms with E-state index in [1.165, 1.54) is 22.5 Å². The molecule has 11 heteroatoms. The maximum absolute atomic E-state index is 13.2. The molecule has 34 heavy (non-hydrogen) atoms. The van der Waals surface area contributed by atoms with Crippen molar-refractivity contribution in [2.45, 2.75) is 11.3 Å². The monoisotopic (exact) mass is 524 g/mol. The van der Waals surface area contributed by atoms with Crippen LogP contribution in [0.1, 0.15) is 12.0 Å². The highest BCUT2D eigenvalue weighted by Crippen LogP contribution is 2.40. The van der Waals surface area contributed by atoms with Crippen LogP contribution in [0.3, 0.4) is 0 Å². The predicted octanol–water partition coefficient (Wildman–Crippen LogP) is 3.00. The summed E-state index contributed by atoms with van der Waals surface area (Å²) in [6.07, 6.45) is 0.129. The summed E-state index contributed by atoms with van der Waals surface area (Å²) < 4.78 is 33.5. The Morgan fingerprint density at radius 1 is 1.24 bits per heavy atom. The van der Waals surface area contributed by atoms with Gasteiger partial charge in [0, 0.05) is 50.1 Å². The summed E-state index contributed by atoms with van der Waals surface area (Å²) >= 11 is 12.1. The Morgan fingerprint density at radius 2 is 1.91 bits per heavy atom. The van der Waals surface area contributed by atoms with E-state index in [9.17, 15) is 13.2 Å². The molecule has 1 heterocycles. The summed E-state index contributed by atoms with van der Waals surface area (Å²) in [5.74, 6) is 0.441. The molecule has 1 saturated heterocycles. The Labute approximate surface area is 210 Å². The van der Waals surface area contributed by atoms with Crippen LogP contribution in [0, 0.1) is 16.7 Å². The maximum Gasteiger partial charge on any atom is 0.244 e. The van der Waals surface area contributed by atoms with Crippen molar-refractivity contribution in [2.75, 3.05) is 46.9 Å². The number of amides is 1. The molecule has 8 nitrogen and oxygen atoms in total. The van der Waals surface area contributed by atoms with Crippen molar-refractivity contribution in [3.63, 3.8) is 0 Å². The van der Waals surface area contributed by atoms with Crippen LogP contribution < -0.4 is 10.1 Å². The Morgan fingerprint density at radius 3 is 2.50 bits per heavy atom. The first-order chi connectivity index (χ1) is 16.1. The third-order valence-electron chi connectivity index (χ3n) is 5.71. The second-order valence-corrected chi connectivity index (χ2v) is 11.1. The second kappa shape index (κ2) is 10.9. The highest BCUT2D eigenvalue weighted by atomic mass is 35.5. The van der Waals surface area contributed by atoms with Crippen molar-refractivity contribution in [2.24, 2.45) is 5.41 Å². The van der Waals surface area contributed by atoms with Crippen LogP contribution in [-0.2, 0) is 14.8 Å². The third kappa shape index (κ3) is 6.01. The predicted molar refractivity (Wildman–Crippen MR) is 130 cm³/mol. The van der Waals surface area contributed by atoms with Crippen molar-refractivity contribution < 1.29 is 17.9 Å². The van der Waals surface area contributed by atoms with Crippen molar-refractivity contribution >= 4 is 39.1 Å². The van der Waals surface area contributed by atoms with E-state index in [4.69, 9.17) is 33.2 Å². The van der Waals surface area contributed by atoms with E-state index in [0.717, 1.165) is 0 Å². The number of benzene rings is 2. The van der Waals surface area contributed by atoms with Gasteiger partial charge in [0.25, 0.3) is 0 Å². The molecule has 0 aromatic heterocycles. The minimum absolute atomic E-state index is 0.0300. The van der Waals surface area contributed by atoms with E-state index in [2.05, 4.69) is 5.32 Å². The first-order valence-electron chi connectivity index (χ1n) is 10.6. The first-order valence-corrected chi connectivity index (χ1v) is 12.8. The van der Waals surface area contributed by atoms with Crippen molar-refractivity contribution in [3.05, 3.63) is 58.1 Å². The number of hydrogen-bond acceptors (Lipinski definition) is 6. The highest BCUT2D eigenvalue weighted by molar-refractivity contribution is 7.89. The largest absolute Gasteiger partial charge is 0.493 e. The number of likely N-dealkylation sites (N-methyl/N-ethyl adjacent to an activating group) is 2. The molecule has 2 aromatic carbocycles. The fraction of sp³-hybridized carbons (Fsp3) is 0.391. The van der Waals surface area contributed by atoms with Crippen molar-refractivity contribution in [3.8, 4) is 11.8 Å². The van der Waals surface area contributed by atoms with E-state index in [-0.39, 0.29) is 41.9 Å². The van der Waals surface area contributed by atoms with Gasteiger partial charge in [-0.3, -0.25) is 4.79 Å². The standard InChI is InChI=1S/C23H26Cl2N4O4S/c1-27-9-10-28(2)22(30)12-23(16-33-19-6-3-17(13-26)4-7-19)14-29(15-23)34(31,32)21-8-5-18(24)11-20(21)25/h3-8,11,27H,9-10,12,14-16H2,1-2H3.